The molecule has 1 amide bonds. The molecule has 0 saturated heterocycles. The molecular formula is C19H19F3N2O2. The molecule has 0 bridgehead atoms. The number of ether oxygens (including phenoxy) is 1. The molecule has 1 aliphatic heterocycles. The summed E-state index contributed by atoms with van der Waals surface area (Å²) < 4.78 is 43.0. The predicted molar refractivity (Wildman–Crippen MR) is 91.8 cm³/mol. The van der Waals surface area contributed by atoms with Gasteiger partial charge in [-0.3, -0.25) is 4.79 Å². The standard InChI is InChI=1S/C19H19F3N2O2/c20-18-15-9-10-23-11-13(15)4-7-16(18)24-17(25)8-3-12-1-5-14(6-2-12)26-19(21)22/h1-2,4-7,19,23H,3,8-11H2,(H,24,25). The van der Waals surface area contributed by atoms with Crippen LogP contribution in [0.5, 0.6) is 5.75 Å². The van der Waals surface area contributed by atoms with Gasteiger partial charge in [0.15, 0.2) is 0 Å². The number of hydrogen-bond donors (Lipinski definition) is 2. The van der Waals surface area contributed by atoms with Crippen LogP contribution in [0, 0.1) is 5.82 Å². The summed E-state index contributed by atoms with van der Waals surface area (Å²) in [6.07, 6.45) is 1.17. The summed E-state index contributed by atoms with van der Waals surface area (Å²) in [4.78, 5) is 12.1. The molecule has 0 atom stereocenters. The summed E-state index contributed by atoms with van der Waals surface area (Å²) in [5.74, 6) is -0.602. The van der Waals surface area contributed by atoms with Crippen LogP contribution in [0.2, 0.25) is 0 Å². The number of fused-ring (bicyclic) bond motifs is 1. The number of benzene rings is 2. The van der Waals surface area contributed by atoms with E-state index >= 15 is 0 Å². The number of hydrogen-bond acceptors (Lipinski definition) is 3. The lowest BCUT2D eigenvalue weighted by atomic mass is 9.99. The number of anilines is 1. The van der Waals surface area contributed by atoms with Crippen molar-refractivity contribution in [1.29, 1.82) is 0 Å². The topological polar surface area (TPSA) is 50.4 Å². The first-order chi connectivity index (χ1) is 12.5. The summed E-state index contributed by atoms with van der Waals surface area (Å²) in [6.45, 7) is -1.52. The largest absolute Gasteiger partial charge is 0.435 e. The third kappa shape index (κ3) is 4.54. The van der Waals surface area contributed by atoms with Crippen molar-refractivity contribution in [2.75, 3.05) is 11.9 Å². The molecule has 26 heavy (non-hydrogen) atoms. The van der Waals surface area contributed by atoms with Gasteiger partial charge in [0.05, 0.1) is 5.69 Å². The molecule has 2 aromatic rings. The molecule has 7 heteroatoms. The molecule has 1 aliphatic rings. The third-order valence-corrected chi connectivity index (χ3v) is 4.27. The molecule has 138 valence electrons. The fourth-order valence-electron chi connectivity index (χ4n) is 2.94. The monoisotopic (exact) mass is 364 g/mol. The molecule has 1 heterocycles. The van der Waals surface area contributed by atoms with Gasteiger partial charge in [-0.05, 0) is 54.3 Å². The smallest absolute Gasteiger partial charge is 0.387 e. The SMILES string of the molecule is O=C(CCc1ccc(OC(F)F)cc1)Nc1ccc2c(c1F)CCNC2. The lowest BCUT2D eigenvalue weighted by Crippen LogP contribution is -2.25. The summed E-state index contributed by atoms with van der Waals surface area (Å²) in [5.41, 5.74) is 2.56. The Balaban J connectivity index is 1.56. The quantitative estimate of drug-likeness (QED) is 0.823. The molecular weight excluding hydrogens is 345 g/mol. The number of amides is 1. The predicted octanol–water partition coefficient (Wildman–Crippen LogP) is 3.64. The number of rotatable bonds is 6. The second-order valence-corrected chi connectivity index (χ2v) is 6.06. The van der Waals surface area contributed by atoms with Crippen molar-refractivity contribution in [1.82, 2.24) is 5.32 Å². The Labute approximate surface area is 149 Å². The van der Waals surface area contributed by atoms with Gasteiger partial charge in [-0.15, -0.1) is 0 Å². The fourth-order valence-corrected chi connectivity index (χ4v) is 2.94. The maximum Gasteiger partial charge on any atom is 0.387 e. The van der Waals surface area contributed by atoms with Crippen LogP contribution in [-0.4, -0.2) is 19.1 Å². The molecule has 0 aromatic heterocycles. The molecule has 4 nitrogen and oxygen atoms in total. The Morgan fingerprint density at radius 1 is 1.19 bits per heavy atom. The van der Waals surface area contributed by atoms with Crippen LogP contribution in [0.3, 0.4) is 0 Å². The molecule has 0 fully saturated rings. The van der Waals surface area contributed by atoms with Crippen molar-refractivity contribution in [3.8, 4) is 5.75 Å². The van der Waals surface area contributed by atoms with Gasteiger partial charge >= 0.3 is 6.61 Å². The van der Waals surface area contributed by atoms with Crippen LogP contribution in [0.15, 0.2) is 36.4 Å². The van der Waals surface area contributed by atoms with Crippen LogP contribution in [-0.2, 0) is 24.2 Å². The molecule has 0 saturated carbocycles. The Morgan fingerprint density at radius 2 is 1.96 bits per heavy atom. The lowest BCUT2D eigenvalue weighted by Gasteiger charge is -2.19. The van der Waals surface area contributed by atoms with Gasteiger partial charge in [-0.1, -0.05) is 18.2 Å². The minimum absolute atomic E-state index is 0.0684. The highest BCUT2D eigenvalue weighted by Crippen LogP contribution is 2.24. The first kappa shape index (κ1) is 18.3. The van der Waals surface area contributed by atoms with Crippen LogP contribution >= 0.6 is 0 Å². The van der Waals surface area contributed by atoms with E-state index < -0.39 is 6.61 Å². The van der Waals surface area contributed by atoms with Gasteiger partial charge in [0.25, 0.3) is 0 Å². The first-order valence-electron chi connectivity index (χ1n) is 8.37. The van der Waals surface area contributed by atoms with E-state index in [2.05, 4.69) is 15.4 Å². The van der Waals surface area contributed by atoms with Crippen LogP contribution in [0.1, 0.15) is 23.1 Å². The lowest BCUT2D eigenvalue weighted by molar-refractivity contribution is -0.116. The van der Waals surface area contributed by atoms with Crippen molar-refractivity contribution in [2.45, 2.75) is 32.4 Å². The van der Waals surface area contributed by atoms with Gasteiger partial charge in [0.1, 0.15) is 11.6 Å². The second-order valence-electron chi connectivity index (χ2n) is 6.06. The van der Waals surface area contributed by atoms with Crippen LogP contribution in [0.4, 0.5) is 18.9 Å². The summed E-state index contributed by atoms with van der Waals surface area (Å²) in [6, 6.07) is 9.50. The van der Waals surface area contributed by atoms with E-state index in [1.807, 2.05) is 6.07 Å². The van der Waals surface area contributed by atoms with E-state index in [0.29, 0.717) is 31.5 Å². The molecule has 0 radical (unpaired) electrons. The number of carbonyl (C=O) groups is 1. The highest BCUT2D eigenvalue weighted by Gasteiger charge is 2.17. The van der Waals surface area contributed by atoms with E-state index in [4.69, 9.17) is 0 Å². The van der Waals surface area contributed by atoms with Gasteiger partial charge in [-0.2, -0.15) is 8.78 Å². The molecule has 2 aromatic carbocycles. The number of nitrogens with one attached hydrogen (secondary N) is 2. The summed E-state index contributed by atoms with van der Waals surface area (Å²) in [7, 11) is 0. The van der Waals surface area contributed by atoms with E-state index in [1.54, 1.807) is 18.2 Å². The average molecular weight is 364 g/mol. The van der Waals surface area contributed by atoms with Gasteiger partial charge < -0.3 is 15.4 Å². The number of halogens is 3. The zero-order valence-electron chi connectivity index (χ0n) is 14.0. The minimum atomic E-state index is -2.87. The van der Waals surface area contributed by atoms with Crippen molar-refractivity contribution in [2.24, 2.45) is 0 Å². The van der Waals surface area contributed by atoms with E-state index in [0.717, 1.165) is 11.1 Å². The second kappa shape index (κ2) is 8.23. The summed E-state index contributed by atoms with van der Waals surface area (Å²) >= 11 is 0. The van der Waals surface area contributed by atoms with Crippen molar-refractivity contribution < 1.29 is 22.7 Å². The van der Waals surface area contributed by atoms with Crippen molar-refractivity contribution in [3.63, 3.8) is 0 Å². The Morgan fingerprint density at radius 3 is 2.69 bits per heavy atom. The molecule has 0 aliphatic carbocycles. The third-order valence-electron chi connectivity index (χ3n) is 4.27. The first-order valence-corrected chi connectivity index (χ1v) is 8.37. The van der Waals surface area contributed by atoms with Crippen LogP contribution < -0.4 is 15.4 Å². The maximum absolute atomic E-state index is 14.5. The molecule has 2 N–H and O–H groups in total. The molecule has 3 rings (SSSR count). The zero-order chi connectivity index (χ0) is 18.5. The zero-order valence-corrected chi connectivity index (χ0v) is 14.0. The fraction of sp³-hybridized carbons (Fsp3) is 0.316. The molecule has 0 unspecified atom stereocenters. The number of aryl methyl sites for hydroxylation is 1. The van der Waals surface area contributed by atoms with E-state index in [9.17, 15) is 18.0 Å². The maximum atomic E-state index is 14.5. The van der Waals surface area contributed by atoms with E-state index in [1.165, 1.54) is 12.1 Å². The summed E-state index contributed by atoms with van der Waals surface area (Å²) in [5, 5.41) is 5.79. The highest BCUT2D eigenvalue weighted by molar-refractivity contribution is 5.91. The van der Waals surface area contributed by atoms with Crippen molar-refractivity contribution in [3.05, 3.63) is 58.9 Å². The average Bonchev–Trinajstić information content (AvgIpc) is 2.63. The van der Waals surface area contributed by atoms with Gasteiger partial charge in [0, 0.05) is 13.0 Å². The van der Waals surface area contributed by atoms with Crippen molar-refractivity contribution >= 4 is 11.6 Å². The molecule has 0 spiro atoms. The minimum Gasteiger partial charge on any atom is -0.435 e. The van der Waals surface area contributed by atoms with Gasteiger partial charge in [-0.25, -0.2) is 4.39 Å². The Hall–Kier alpha value is -2.54. The number of carbonyl (C=O) groups excluding carboxylic acids is 1. The van der Waals surface area contributed by atoms with Crippen LogP contribution in [0.25, 0.3) is 0 Å². The normalized spacial score (nSPS) is 13.4. The van der Waals surface area contributed by atoms with E-state index in [-0.39, 0.29) is 29.6 Å². The highest BCUT2D eigenvalue weighted by atomic mass is 19.3. The number of alkyl halides is 2. The Kier molecular flexibility index (Phi) is 5.78. The Bertz CT molecular complexity index is 779. The van der Waals surface area contributed by atoms with Gasteiger partial charge in [0.2, 0.25) is 5.91 Å².